The van der Waals surface area contributed by atoms with Gasteiger partial charge in [-0.2, -0.15) is 0 Å². The first-order valence-electron chi connectivity index (χ1n) is 8.26. The molecule has 1 aromatic rings. The maximum absolute atomic E-state index is 10.4. The molecule has 0 aromatic heterocycles. The van der Waals surface area contributed by atoms with E-state index in [0.29, 0.717) is 0 Å². The second-order valence-electron chi connectivity index (χ2n) is 7.17. The van der Waals surface area contributed by atoms with Gasteiger partial charge in [-0.15, -0.1) is 0 Å². The average Bonchev–Trinajstić information content (AvgIpc) is 2.91. The maximum Gasteiger partial charge on any atom is 0.190 e. The number of hydrogen-bond donors (Lipinski definition) is 2. The zero-order valence-electron chi connectivity index (χ0n) is 14.8. The number of aliphatic hydroxyl groups is 2. The largest absolute Gasteiger partial charge is 0.490 e. The van der Waals surface area contributed by atoms with Gasteiger partial charge in [0.1, 0.15) is 36.8 Å². The van der Waals surface area contributed by atoms with Crippen LogP contribution in [-0.2, 0) is 14.2 Å². The van der Waals surface area contributed by atoms with Crippen LogP contribution >= 0.6 is 0 Å². The van der Waals surface area contributed by atoms with E-state index in [0.717, 1.165) is 22.4 Å². The molecule has 5 unspecified atom stereocenters. The Morgan fingerprint density at radius 2 is 1.79 bits per heavy atom. The maximum atomic E-state index is 10.4. The molecule has 0 spiro atoms. The van der Waals surface area contributed by atoms with Crippen molar-refractivity contribution in [2.45, 2.75) is 71.1 Å². The van der Waals surface area contributed by atoms with Crippen molar-refractivity contribution in [3.8, 4) is 5.75 Å². The van der Waals surface area contributed by atoms with E-state index in [1.807, 2.05) is 32.9 Å². The number of hydrogen-bond acceptors (Lipinski definition) is 6. The number of ether oxygens (including phenoxy) is 4. The third-order valence-electron chi connectivity index (χ3n) is 4.43. The van der Waals surface area contributed by atoms with E-state index < -0.39 is 36.5 Å². The van der Waals surface area contributed by atoms with Crippen molar-refractivity contribution in [1.29, 1.82) is 0 Å². The summed E-state index contributed by atoms with van der Waals surface area (Å²) in [6.07, 6.45) is -4.02. The van der Waals surface area contributed by atoms with Gasteiger partial charge in [0.25, 0.3) is 0 Å². The van der Waals surface area contributed by atoms with Gasteiger partial charge in [0.05, 0.1) is 0 Å². The van der Waals surface area contributed by atoms with Crippen molar-refractivity contribution >= 4 is 0 Å². The molecule has 2 saturated heterocycles. The second-order valence-corrected chi connectivity index (χ2v) is 7.17. The summed E-state index contributed by atoms with van der Waals surface area (Å²) in [7, 11) is 0. The van der Waals surface area contributed by atoms with Crippen LogP contribution in [0.1, 0.15) is 30.5 Å². The van der Waals surface area contributed by atoms with Crippen molar-refractivity contribution in [2.24, 2.45) is 0 Å². The molecule has 134 valence electrons. The molecule has 5 atom stereocenters. The summed E-state index contributed by atoms with van der Waals surface area (Å²) in [6, 6.07) is 4.06. The minimum Gasteiger partial charge on any atom is -0.490 e. The molecule has 6 heteroatoms. The van der Waals surface area contributed by atoms with E-state index >= 15 is 0 Å². The highest BCUT2D eigenvalue weighted by atomic mass is 16.8. The Kier molecular flexibility index (Phi) is 4.61. The third-order valence-corrected chi connectivity index (χ3v) is 4.43. The van der Waals surface area contributed by atoms with Crippen LogP contribution in [0.2, 0.25) is 0 Å². The number of rotatable bonds is 4. The average molecular weight is 338 g/mol. The Morgan fingerprint density at radius 1 is 1.17 bits per heavy atom. The highest BCUT2D eigenvalue weighted by Crippen LogP contribution is 2.38. The highest BCUT2D eigenvalue weighted by Gasteiger charge is 2.55. The van der Waals surface area contributed by atoms with Crippen LogP contribution < -0.4 is 4.74 Å². The summed E-state index contributed by atoms with van der Waals surface area (Å²) in [6.45, 7) is 9.52. The topological polar surface area (TPSA) is 77.4 Å². The molecular formula is C18H26O6. The van der Waals surface area contributed by atoms with Gasteiger partial charge in [-0.25, -0.2) is 0 Å². The molecule has 1 aromatic carbocycles. The van der Waals surface area contributed by atoms with Crippen molar-refractivity contribution in [2.75, 3.05) is 6.61 Å². The summed E-state index contributed by atoms with van der Waals surface area (Å²) >= 11 is 0. The Balaban J connectivity index is 1.62. The van der Waals surface area contributed by atoms with Gasteiger partial charge in [0.2, 0.25) is 0 Å². The Morgan fingerprint density at radius 3 is 2.38 bits per heavy atom. The zero-order chi connectivity index (χ0) is 17.6. The molecule has 2 fully saturated rings. The third kappa shape index (κ3) is 3.30. The quantitative estimate of drug-likeness (QED) is 0.868. The fraction of sp³-hybridized carbons (Fsp3) is 0.667. The van der Waals surface area contributed by atoms with Gasteiger partial charge >= 0.3 is 0 Å². The molecule has 2 heterocycles. The molecule has 0 saturated carbocycles. The van der Waals surface area contributed by atoms with Gasteiger partial charge in [0, 0.05) is 0 Å². The molecule has 0 bridgehead atoms. The summed E-state index contributed by atoms with van der Waals surface area (Å²) in [5.74, 6) is -0.0419. The van der Waals surface area contributed by atoms with Crippen LogP contribution in [0.4, 0.5) is 0 Å². The Labute approximate surface area is 142 Å². The lowest BCUT2D eigenvalue weighted by Crippen LogP contribution is -2.43. The number of fused-ring (bicyclic) bond motifs is 1. The van der Waals surface area contributed by atoms with E-state index in [9.17, 15) is 10.2 Å². The number of aryl methyl sites for hydroxylation is 3. The lowest BCUT2D eigenvalue weighted by molar-refractivity contribution is -0.227. The van der Waals surface area contributed by atoms with E-state index in [2.05, 4.69) is 0 Å². The fourth-order valence-electron chi connectivity index (χ4n) is 3.49. The first-order chi connectivity index (χ1) is 11.2. The van der Waals surface area contributed by atoms with Crippen molar-refractivity contribution in [3.05, 3.63) is 28.8 Å². The first kappa shape index (κ1) is 17.6. The van der Waals surface area contributed by atoms with Crippen LogP contribution in [-0.4, -0.2) is 53.3 Å². The predicted octanol–water partition coefficient (Wildman–Crippen LogP) is 1.59. The van der Waals surface area contributed by atoms with Crippen LogP contribution in [0.15, 0.2) is 12.1 Å². The van der Waals surface area contributed by atoms with Gasteiger partial charge in [0.15, 0.2) is 12.1 Å². The van der Waals surface area contributed by atoms with Crippen molar-refractivity contribution < 1.29 is 29.2 Å². The summed E-state index contributed by atoms with van der Waals surface area (Å²) in [4.78, 5) is 0. The van der Waals surface area contributed by atoms with Crippen molar-refractivity contribution in [1.82, 2.24) is 0 Å². The molecule has 2 N–H and O–H groups in total. The van der Waals surface area contributed by atoms with E-state index in [4.69, 9.17) is 18.9 Å². The van der Waals surface area contributed by atoms with Crippen LogP contribution in [0.25, 0.3) is 0 Å². The smallest absolute Gasteiger partial charge is 0.190 e. The molecule has 2 aliphatic heterocycles. The highest BCUT2D eigenvalue weighted by molar-refractivity contribution is 5.42. The van der Waals surface area contributed by atoms with Gasteiger partial charge < -0.3 is 29.2 Å². The molecule has 0 radical (unpaired) electrons. The summed E-state index contributed by atoms with van der Waals surface area (Å²) < 4.78 is 22.6. The van der Waals surface area contributed by atoms with Crippen LogP contribution in [0.3, 0.4) is 0 Å². The van der Waals surface area contributed by atoms with Gasteiger partial charge in [-0.1, -0.05) is 17.7 Å². The van der Waals surface area contributed by atoms with Crippen LogP contribution in [0, 0.1) is 20.8 Å². The molecule has 6 nitrogen and oxygen atoms in total. The molecule has 3 rings (SSSR count). The van der Waals surface area contributed by atoms with E-state index in [1.54, 1.807) is 13.8 Å². The van der Waals surface area contributed by atoms with Crippen LogP contribution in [0.5, 0.6) is 5.75 Å². The summed E-state index contributed by atoms with van der Waals surface area (Å²) in [5, 5.41) is 20.7. The normalized spacial score (nSPS) is 32.6. The molecular weight excluding hydrogens is 312 g/mol. The molecule has 2 aliphatic rings. The molecule has 24 heavy (non-hydrogen) atoms. The molecule has 0 aliphatic carbocycles. The van der Waals surface area contributed by atoms with Gasteiger partial charge in [-0.05, 0) is 45.7 Å². The molecule has 0 amide bonds. The second kappa shape index (κ2) is 6.28. The van der Waals surface area contributed by atoms with Gasteiger partial charge in [-0.3, -0.25) is 0 Å². The lowest BCUT2D eigenvalue weighted by Gasteiger charge is -2.26. The minimum atomic E-state index is -0.985. The standard InChI is InChI=1S/C18H26O6/c1-9-6-10(2)14(11(3)7-9)21-8-12(19)15-13(20)16-17(22-15)24-18(4,5)23-16/h6-7,12-13,15-17,19-20H,8H2,1-5H3. The first-order valence-corrected chi connectivity index (χ1v) is 8.26. The Hall–Kier alpha value is -1.18. The van der Waals surface area contributed by atoms with E-state index in [-0.39, 0.29) is 6.61 Å². The lowest BCUT2D eigenvalue weighted by atomic mass is 10.1. The summed E-state index contributed by atoms with van der Waals surface area (Å²) in [5.41, 5.74) is 3.19. The van der Waals surface area contributed by atoms with E-state index in [1.165, 1.54) is 0 Å². The monoisotopic (exact) mass is 338 g/mol. The predicted molar refractivity (Wildman–Crippen MR) is 86.9 cm³/mol. The zero-order valence-corrected chi connectivity index (χ0v) is 14.8. The van der Waals surface area contributed by atoms with Crippen molar-refractivity contribution in [3.63, 3.8) is 0 Å². The SMILES string of the molecule is Cc1cc(C)c(OCC(O)C2OC3OC(C)(C)OC3C2O)c(C)c1. The minimum absolute atomic E-state index is 0.0231. The Bertz CT molecular complexity index is 591. The number of benzene rings is 1. The number of aliphatic hydroxyl groups excluding tert-OH is 2. The fourth-order valence-corrected chi connectivity index (χ4v) is 3.49.